The Hall–Kier alpha value is -1.99. The smallest absolute Gasteiger partial charge is 0.243 e. The summed E-state index contributed by atoms with van der Waals surface area (Å²) in [4.78, 5) is 8.25. The minimum absolute atomic E-state index is 0.220. The largest absolute Gasteiger partial charge is 0.497 e. The Morgan fingerprint density at radius 3 is 2.90 bits per heavy atom. The summed E-state index contributed by atoms with van der Waals surface area (Å²) in [6.45, 7) is 0.577. The van der Waals surface area contributed by atoms with Gasteiger partial charge in [0.15, 0.2) is 0 Å². The quantitative estimate of drug-likeness (QED) is 0.849. The van der Waals surface area contributed by atoms with Gasteiger partial charge >= 0.3 is 0 Å². The number of methoxy groups -OCH3 is 1. The molecule has 0 amide bonds. The average molecular weight is 291 g/mol. The van der Waals surface area contributed by atoms with Crippen molar-refractivity contribution in [2.24, 2.45) is 0 Å². The van der Waals surface area contributed by atoms with Crippen LogP contribution in [0.15, 0.2) is 41.7 Å². The maximum absolute atomic E-state index is 12.6. The number of hydrogen-bond acceptors (Lipinski definition) is 5. The molecule has 0 spiro atoms. The van der Waals surface area contributed by atoms with Gasteiger partial charge in [0, 0.05) is 24.4 Å². The van der Waals surface area contributed by atoms with Crippen LogP contribution in [0.1, 0.15) is 11.3 Å². The highest BCUT2D eigenvalue weighted by Crippen LogP contribution is 2.28. The molecule has 0 bridgehead atoms. The molecule has 1 aliphatic rings. The van der Waals surface area contributed by atoms with Gasteiger partial charge in [-0.3, -0.25) is 0 Å². The number of nitrogens with zero attached hydrogens (tertiary/aromatic N) is 3. The highest BCUT2D eigenvalue weighted by molar-refractivity contribution is 7.89. The van der Waals surface area contributed by atoms with E-state index in [0.717, 1.165) is 11.3 Å². The first-order chi connectivity index (χ1) is 9.61. The van der Waals surface area contributed by atoms with E-state index in [1.54, 1.807) is 24.4 Å². The summed E-state index contributed by atoms with van der Waals surface area (Å²) >= 11 is 0. The molecule has 20 heavy (non-hydrogen) atoms. The zero-order valence-corrected chi connectivity index (χ0v) is 11.7. The first-order valence-corrected chi connectivity index (χ1v) is 7.47. The molecule has 1 aromatic carbocycles. The van der Waals surface area contributed by atoms with Gasteiger partial charge in [-0.15, -0.1) is 0 Å². The van der Waals surface area contributed by atoms with Gasteiger partial charge in [0.1, 0.15) is 12.1 Å². The Morgan fingerprint density at radius 2 is 2.15 bits per heavy atom. The van der Waals surface area contributed by atoms with Crippen molar-refractivity contribution in [3.63, 3.8) is 0 Å². The fourth-order valence-corrected chi connectivity index (χ4v) is 3.57. The van der Waals surface area contributed by atoms with E-state index in [-0.39, 0.29) is 11.4 Å². The van der Waals surface area contributed by atoms with Gasteiger partial charge in [0.05, 0.1) is 24.2 Å². The number of hydrogen-bond donors (Lipinski definition) is 0. The second kappa shape index (κ2) is 4.84. The number of rotatable bonds is 3. The van der Waals surface area contributed by atoms with Crippen molar-refractivity contribution >= 4 is 10.0 Å². The Balaban J connectivity index is 1.94. The van der Waals surface area contributed by atoms with Crippen LogP contribution in [-0.2, 0) is 23.1 Å². The van der Waals surface area contributed by atoms with Crippen molar-refractivity contribution in [3.8, 4) is 5.75 Å². The highest BCUT2D eigenvalue weighted by Gasteiger charge is 2.31. The molecule has 104 valence electrons. The summed E-state index contributed by atoms with van der Waals surface area (Å²) in [6.07, 6.45) is 3.09. The van der Waals surface area contributed by atoms with E-state index < -0.39 is 10.0 Å². The lowest BCUT2D eigenvalue weighted by Crippen LogP contribution is -2.25. The maximum atomic E-state index is 12.6. The van der Waals surface area contributed by atoms with Gasteiger partial charge in [0.2, 0.25) is 10.0 Å². The molecule has 2 aromatic rings. The Morgan fingerprint density at radius 1 is 1.30 bits per heavy atom. The van der Waals surface area contributed by atoms with Crippen molar-refractivity contribution in [2.75, 3.05) is 7.11 Å². The number of ether oxygens (including phenoxy) is 1. The standard InChI is InChI=1S/C13H13N3O3S/c1-19-11-3-2-4-12(5-11)20(17,18)16-7-10-6-14-9-15-13(10)8-16/h2-6,9H,7-8H2,1H3. The molecule has 3 rings (SSSR count). The molecule has 0 saturated carbocycles. The summed E-state index contributed by atoms with van der Waals surface area (Å²) in [7, 11) is -2.05. The molecule has 0 aliphatic carbocycles. The lowest BCUT2D eigenvalue weighted by Gasteiger charge is -2.15. The third kappa shape index (κ3) is 2.14. The fraction of sp³-hybridized carbons (Fsp3) is 0.231. The average Bonchev–Trinajstić information content (AvgIpc) is 2.92. The molecule has 0 unspecified atom stereocenters. The number of sulfonamides is 1. The topological polar surface area (TPSA) is 72.4 Å². The number of benzene rings is 1. The molecule has 0 saturated heterocycles. The van der Waals surface area contributed by atoms with Crippen LogP contribution in [0.5, 0.6) is 5.75 Å². The van der Waals surface area contributed by atoms with Crippen molar-refractivity contribution in [1.29, 1.82) is 0 Å². The lowest BCUT2D eigenvalue weighted by molar-refractivity contribution is 0.410. The van der Waals surface area contributed by atoms with Gasteiger partial charge < -0.3 is 4.74 Å². The maximum Gasteiger partial charge on any atom is 0.243 e. The molecule has 2 heterocycles. The van der Waals surface area contributed by atoms with Gasteiger partial charge in [-0.1, -0.05) is 6.07 Å². The minimum atomic E-state index is -3.55. The zero-order valence-electron chi connectivity index (χ0n) is 10.9. The van der Waals surface area contributed by atoms with E-state index in [4.69, 9.17) is 4.74 Å². The van der Waals surface area contributed by atoms with Gasteiger partial charge in [0.25, 0.3) is 0 Å². The molecule has 0 radical (unpaired) electrons. The van der Waals surface area contributed by atoms with Crippen LogP contribution in [0.3, 0.4) is 0 Å². The monoisotopic (exact) mass is 291 g/mol. The Kier molecular flexibility index (Phi) is 3.15. The molecule has 0 fully saturated rings. The third-order valence-corrected chi connectivity index (χ3v) is 5.02. The van der Waals surface area contributed by atoms with Crippen LogP contribution in [-0.4, -0.2) is 29.8 Å². The van der Waals surface area contributed by atoms with Crippen molar-refractivity contribution in [2.45, 2.75) is 18.0 Å². The van der Waals surface area contributed by atoms with E-state index in [1.807, 2.05) is 0 Å². The molecule has 1 aliphatic heterocycles. The molecular formula is C13H13N3O3S. The van der Waals surface area contributed by atoms with E-state index >= 15 is 0 Å². The summed E-state index contributed by atoms with van der Waals surface area (Å²) in [5.74, 6) is 0.516. The molecule has 0 atom stereocenters. The minimum Gasteiger partial charge on any atom is -0.497 e. The first kappa shape index (κ1) is 13.0. The van der Waals surface area contributed by atoms with Crippen LogP contribution in [0, 0.1) is 0 Å². The van der Waals surface area contributed by atoms with Crippen LogP contribution in [0.4, 0.5) is 0 Å². The molecule has 7 heteroatoms. The van der Waals surface area contributed by atoms with Gasteiger partial charge in [-0.05, 0) is 12.1 Å². The summed E-state index contributed by atoms with van der Waals surface area (Å²) in [6, 6.07) is 6.45. The lowest BCUT2D eigenvalue weighted by atomic mass is 10.3. The van der Waals surface area contributed by atoms with Crippen LogP contribution in [0.25, 0.3) is 0 Å². The highest BCUT2D eigenvalue weighted by atomic mass is 32.2. The normalized spacial score (nSPS) is 15.1. The van der Waals surface area contributed by atoms with Crippen LogP contribution >= 0.6 is 0 Å². The molecule has 0 N–H and O–H groups in total. The van der Waals surface area contributed by atoms with Crippen molar-refractivity contribution in [1.82, 2.24) is 14.3 Å². The second-order valence-corrected chi connectivity index (χ2v) is 6.38. The summed E-state index contributed by atoms with van der Waals surface area (Å²) in [5, 5.41) is 0. The summed E-state index contributed by atoms with van der Waals surface area (Å²) < 4.78 is 31.6. The second-order valence-electron chi connectivity index (χ2n) is 4.45. The van der Waals surface area contributed by atoms with Crippen LogP contribution < -0.4 is 4.74 Å². The molecule has 6 nitrogen and oxygen atoms in total. The van der Waals surface area contributed by atoms with E-state index in [1.165, 1.54) is 23.8 Å². The third-order valence-electron chi connectivity index (χ3n) is 3.23. The number of fused-ring (bicyclic) bond motifs is 1. The SMILES string of the molecule is COc1cccc(S(=O)(=O)N2Cc3cncnc3C2)c1. The van der Waals surface area contributed by atoms with Crippen molar-refractivity contribution < 1.29 is 13.2 Å². The van der Waals surface area contributed by atoms with Gasteiger partial charge in [-0.2, -0.15) is 4.31 Å². The van der Waals surface area contributed by atoms with Crippen molar-refractivity contribution in [3.05, 3.63) is 48.0 Å². The Labute approximate surface area is 117 Å². The predicted octanol–water partition coefficient (Wildman–Crippen LogP) is 1.19. The molecule has 1 aromatic heterocycles. The fourth-order valence-electron chi connectivity index (χ4n) is 2.15. The Bertz CT molecular complexity index is 721. The van der Waals surface area contributed by atoms with Gasteiger partial charge in [-0.25, -0.2) is 18.4 Å². The predicted molar refractivity (Wildman–Crippen MR) is 71.5 cm³/mol. The van der Waals surface area contributed by atoms with Crippen LogP contribution in [0.2, 0.25) is 0 Å². The zero-order chi connectivity index (χ0) is 14.2. The number of aromatic nitrogens is 2. The summed E-state index contributed by atoms with van der Waals surface area (Å²) in [5.41, 5.74) is 1.60. The van der Waals surface area contributed by atoms with E-state index in [2.05, 4.69) is 9.97 Å². The van der Waals surface area contributed by atoms with E-state index in [9.17, 15) is 8.42 Å². The first-order valence-electron chi connectivity index (χ1n) is 6.03. The van der Waals surface area contributed by atoms with E-state index in [0.29, 0.717) is 12.3 Å². The molecular weight excluding hydrogens is 278 g/mol.